The molecule has 2 N–H and O–H groups in total. The molecular formula is C15H31N3O2. The van der Waals surface area contributed by atoms with Crippen LogP contribution in [0.15, 0.2) is 0 Å². The summed E-state index contributed by atoms with van der Waals surface area (Å²) < 4.78 is 0. The minimum absolute atomic E-state index is 0.0199. The van der Waals surface area contributed by atoms with Crippen molar-refractivity contribution in [1.82, 2.24) is 9.80 Å². The lowest BCUT2D eigenvalue weighted by atomic mass is 9.76. The van der Waals surface area contributed by atoms with Gasteiger partial charge < -0.3 is 15.5 Å². The monoisotopic (exact) mass is 285 g/mol. The Morgan fingerprint density at radius 2 is 1.60 bits per heavy atom. The van der Waals surface area contributed by atoms with Gasteiger partial charge >= 0.3 is 0 Å². The van der Waals surface area contributed by atoms with E-state index in [0.29, 0.717) is 18.9 Å². The quantitative estimate of drug-likeness (QED) is 0.767. The molecule has 20 heavy (non-hydrogen) atoms. The number of hydrogen-bond donors (Lipinski definition) is 1. The van der Waals surface area contributed by atoms with E-state index < -0.39 is 0 Å². The fourth-order valence-corrected chi connectivity index (χ4v) is 2.13. The highest BCUT2D eigenvalue weighted by atomic mass is 16.2. The highest BCUT2D eigenvalue weighted by Gasteiger charge is 2.25. The van der Waals surface area contributed by atoms with Gasteiger partial charge in [0.2, 0.25) is 11.8 Å². The lowest BCUT2D eigenvalue weighted by molar-refractivity contribution is -0.138. The van der Waals surface area contributed by atoms with Crippen LogP contribution < -0.4 is 5.73 Å². The number of carbonyl (C=O) groups excluding carboxylic acids is 2. The van der Waals surface area contributed by atoms with E-state index in [1.165, 1.54) is 9.80 Å². The second-order valence-electron chi connectivity index (χ2n) is 6.72. The number of hydrogen-bond acceptors (Lipinski definition) is 3. The Kier molecular flexibility index (Phi) is 7.79. The van der Waals surface area contributed by atoms with Crippen LogP contribution in [0.3, 0.4) is 0 Å². The molecule has 0 aliphatic carbocycles. The maximum atomic E-state index is 12.1. The number of nitrogens with two attached hydrogens (primary N) is 1. The van der Waals surface area contributed by atoms with Crippen molar-refractivity contribution < 1.29 is 9.59 Å². The van der Waals surface area contributed by atoms with Crippen LogP contribution in [0.5, 0.6) is 0 Å². The van der Waals surface area contributed by atoms with Crippen LogP contribution in [0.2, 0.25) is 0 Å². The Morgan fingerprint density at radius 3 is 2.00 bits per heavy atom. The normalized spacial score (nSPS) is 12.9. The maximum absolute atomic E-state index is 12.1. The van der Waals surface area contributed by atoms with Crippen molar-refractivity contribution in [3.8, 4) is 0 Å². The van der Waals surface area contributed by atoms with E-state index in [2.05, 4.69) is 20.8 Å². The van der Waals surface area contributed by atoms with Crippen LogP contribution in [0.25, 0.3) is 0 Å². The zero-order chi connectivity index (χ0) is 15.9. The van der Waals surface area contributed by atoms with Gasteiger partial charge in [0.05, 0.1) is 6.54 Å². The molecule has 0 rings (SSSR count). The van der Waals surface area contributed by atoms with Crippen molar-refractivity contribution in [3.05, 3.63) is 0 Å². The molecule has 118 valence electrons. The molecule has 5 heteroatoms. The van der Waals surface area contributed by atoms with Crippen LogP contribution in [0.4, 0.5) is 0 Å². The predicted molar refractivity (Wildman–Crippen MR) is 82.2 cm³/mol. The fourth-order valence-electron chi connectivity index (χ4n) is 2.13. The topological polar surface area (TPSA) is 66.6 Å². The molecule has 2 amide bonds. The van der Waals surface area contributed by atoms with E-state index in [1.54, 1.807) is 21.1 Å². The van der Waals surface area contributed by atoms with Crippen LogP contribution in [-0.2, 0) is 9.59 Å². The molecular weight excluding hydrogens is 254 g/mol. The Hall–Kier alpha value is -1.10. The first-order valence-corrected chi connectivity index (χ1v) is 7.23. The lowest BCUT2D eigenvalue weighted by Crippen LogP contribution is -2.38. The smallest absolute Gasteiger partial charge is 0.241 e. The van der Waals surface area contributed by atoms with Gasteiger partial charge in [0.25, 0.3) is 0 Å². The summed E-state index contributed by atoms with van der Waals surface area (Å²) in [5, 5.41) is 0. The summed E-state index contributed by atoms with van der Waals surface area (Å²) in [5.41, 5.74) is 5.80. The first-order chi connectivity index (χ1) is 9.09. The van der Waals surface area contributed by atoms with E-state index in [9.17, 15) is 9.59 Å². The summed E-state index contributed by atoms with van der Waals surface area (Å²) in [6, 6.07) is 0. The fraction of sp³-hybridized carbons (Fsp3) is 0.867. The Balaban J connectivity index is 4.35. The molecule has 0 heterocycles. The van der Waals surface area contributed by atoms with Crippen LogP contribution in [-0.4, -0.2) is 55.8 Å². The molecule has 0 aromatic rings. The number of nitrogens with zero attached hydrogens (tertiary/aromatic N) is 2. The molecule has 0 spiro atoms. The standard InChI is InChI=1S/C15H31N3O2/c1-15(2,3)12(9-10-16)7-8-13(19)18(6)11-14(20)17(4)5/h12H,7-11,16H2,1-6H3. The highest BCUT2D eigenvalue weighted by Crippen LogP contribution is 2.32. The SMILES string of the molecule is CN(C)C(=O)CN(C)C(=O)CCC(CCN)C(C)(C)C. The average molecular weight is 285 g/mol. The van der Waals surface area contributed by atoms with Gasteiger partial charge in [-0.05, 0) is 30.7 Å². The van der Waals surface area contributed by atoms with E-state index in [0.717, 1.165) is 12.8 Å². The Morgan fingerprint density at radius 1 is 1.05 bits per heavy atom. The second kappa shape index (κ2) is 8.25. The third-order valence-corrected chi connectivity index (χ3v) is 3.74. The lowest BCUT2D eigenvalue weighted by Gasteiger charge is -2.31. The third kappa shape index (κ3) is 6.89. The van der Waals surface area contributed by atoms with Crippen molar-refractivity contribution in [2.45, 2.75) is 40.0 Å². The molecule has 0 aliphatic heterocycles. The molecule has 1 unspecified atom stereocenters. The van der Waals surface area contributed by atoms with E-state index in [1.807, 2.05) is 0 Å². The molecule has 0 aromatic heterocycles. The molecule has 0 saturated heterocycles. The summed E-state index contributed by atoms with van der Waals surface area (Å²) in [6.07, 6.45) is 2.22. The zero-order valence-electron chi connectivity index (χ0n) is 13.9. The van der Waals surface area contributed by atoms with Crippen LogP contribution in [0, 0.1) is 11.3 Å². The molecule has 0 fully saturated rings. The molecule has 0 aromatic carbocycles. The van der Waals surface area contributed by atoms with Crippen molar-refractivity contribution in [1.29, 1.82) is 0 Å². The van der Waals surface area contributed by atoms with Gasteiger partial charge in [0.15, 0.2) is 0 Å². The number of likely N-dealkylation sites (N-methyl/N-ethyl adjacent to an activating group) is 2. The van der Waals surface area contributed by atoms with Gasteiger partial charge in [-0.15, -0.1) is 0 Å². The minimum Gasteiger partial charge on any atom is -0.347 e. The Labute approximate surface area is 123 Å². The molecule has 0 radical (unpaired) electrons. The van der Waals surface area contributed by atoms with Gasteiger partial charge in [0.1, 0.15) is 0 Å². The molecule has 0 bridgehead atoms. The van der Waals surface area contributed by atoms with Crippen molar-refractivity contribution in [3.63, 3.8) is 0 Å². The summed E-state index contributed by atoms with van der Waals surface area (Å²) >= 11 is 0. The van der Waals surface area contributed by atoms with Crippen LogP contribution >= 0.6 is 0 Å². The summed E-state index contributed by atoms with van der Waals surface area (Å²) in [6.45, 7) is 7.32. The first kappa shape index (κ1) is 18.9. The summed E-state index contributed by atoms with van der Waals surface area (Å²) in [5.74, 6) is 0.385. The largest absolute Gasteiger partial charge is 0.347 e. The maximum Gasteiger partial charge on any atom is 0.241 e. The van der Waals surface area contributed by atoms with E-state index >= 15 is 0 Å². The average Bonchev–Trinajstić information content (AvgIpc) is 2.32. The summed E-state index contributed by atoms with van der Waals surface area (Å²) in [7, 11) is 5.06. The summed E-state index contributed by atoms with van der Waals surface area (Å²) in [4.78, 5) is 26.6. The number of carbonyl (C=O) groups is 2. The van der Waals surface area contributed by atoms with Gasteiger partial charge in [-0.1, -0.05) is 20.8 Å². The molecule has 0 aliphatic rings. The van der Waals surface area contributed by atoms with Crippen molar-refractivity contribution in [2.75, 3.05) is 34.2 Å². The number of rotatable bonds is 7. The van der Waals surface area contributed by atoms with Crippen LogP contribution in [0.1, 0.15) is 40.0 Å². The second-order valence-corrected chi connectivity index (χ2v) is 6.72. The van der Waals surface area contributed by atoms with E-state index in [4.69, 9.17) is 5.73 Å². The Bertz CT molecular complexity index is 322. The van der Waals surface area contributed by atoms with Gasteiger partial charge in [0, 0.05) is 27.6 Å². The predicted octanol–water partition coefficient (Wildman–Crippen LogP) is 1.32. The molecule has 5 nitrogen and oxygen atoms in total. The molecule has 1 atom stereocenters. The van der Waals surface area contributed by atoms with Crippen molar-refractivity contribution in [2.24, 2.45) is 17.1 Å². The molecule has 0 saturated carbocycles. The zero-order valence-corrected chi connectivity index (χ0v) is 13.9. The first-order valence-electron chi connectivity index (χ1n) is 7.23. The number of amides is 2. The minimum atomic E-state index is -0.0600. The van der Waals surface area contributed by atoms with Crippen molar-refractivity contribution >= 4 is 11.8 Å². The third-order valence-electron chi connectivity index (χ3n) is 3.74. The van der Waals surface area contributed by atoms with Gasteiger partial charge in [-0.2, -0.15) is 0 Å². The van der Waals surface area contributed by atoms with Gasteiger partial charge in [-0.3, -0.25) is 9.59 Å². The van der Waals surface area contributed by atoms with E-state index in [-0.39, 0.29) is 23.8 Å². The highest BCUT2D eigenvalue weighted by molar-refractivity contribution is 5.84. The van der Waals surface area contributed by atoms with Gasteiger partial charge in [-0.25, -0.2) is 0 Å².